The van der Waals surface area contributed by atoms with Crippen molar-refractivity contribution in [1.82, 2.24) is 4.90 Å². The van der Waals surface area contributed by atoms with Crippen molar-refractivity contribution >= 4 is 55.8 Å². The highest BCUT2D eigenvalue weighted by molar-refractivity contribution is 8.14. The lowest BCUT2D eigenvalue weighted by molar-refractivity contribution is -0.116. The van der Waals surface area contributed by atoms with Crippen LogP contribution in [0.15, 0.2) is 23.2 Å². The Hall–Kier alpha value is -1.45. The molecule has 3 aliphatic heterocycles. The Morgan fingerprint density at radius 2 is 2.20 bits per heavy atom. The molecule has 0 spiro atoms. The van der Waals surface area contributed by atoms with Crippen molar-refractivity contribution in [3.05, 3.63) is 23.8 Å². The molecule has 1 amide bonds. The van der Waals surface area contributed by atoms with Crippen LogP contribution in [0.3, 0.4) is 0 Å². The normalized spacial score (nSPS) is 25.0. The molecule has 1 saturated heterocycles. The van der Waals surface area contributed by atoms with Crippen LogP contribution in [0.25, 0.3) is 0 Å². The lowest BCUT2D eigenvalue weighted by Gasteiger charge is -2.24. The molecule has 7 nitrogen and oxygen atoms in total. The number of carbonyl (C=O) groups is 1. The van der Waals surface area contributed by atoms with E-state index in [4.69, 9.17) is 11.6 Å². The van der Waals surface area contributed by atoms with Gasteiger partial charge in [-0.05, 0) is 30.2 Å². The third kappa shape index (κ3) is 2.88. The van der Waals surface area contributed by atoms with Gasteiger partial charge in [0.15, 0.2) is 16.0 Å². The van der Waals surface area contributed by atoms with E-state index >= 15 is 0 Å². The topological polar surface area (TPSA) is 82.1 Å². The number of amides is 1. The molecule has 3 heterocycles. The Morgan fingerprint density at radius 3 is 2.96 bits per heavy atom. The van der Waals surface area contributed by atoms with Gasteiger partial charge in [0.2, 0.25) is 5.91 Å². The number of anilines is 2. The molecule has 0 aromatic heterocycles. The molecule has 25 heavy (non-hydrogen) atoms. The second-order valence-electron chi connectivity index (χ2n) is 6.13. The molecular weight excluding hydrogens is 384 g/mol. The van der Waals surface area contributed by atoms with E-state index in [0.29, 0.717) is 30.4 Å². The summed E-state index contributed by atoms with van der Waals surface area (Å²) in [4.78, 5) is 19.3. The highest BCUT2D eigenvalue weighted by Crippen LogP contribution is 2.35. The van der Waals surface area contributed by atoms with Crippen LogP contribution in [0.2, 0.25) is 0 Å². The predicted molar refractivity (Wildman–Crippen MR) is 101 cm³/mol. The SMILES string of the molecule is CC(=O)N1CCc2cc(NS(=O)(=O)C3C(Cl)N=C4SCCN43)ccc21. The van der Waals surface area contributed by atoms with Gasteiger partial charge in [0.1, 0.15) is 0 Å². The van der Waals surface area contributed by atoms with Crippen LogP contribution in [-0.4, -0.2) is 54.1 Å². The van der Waals surface area contributed by atoms with Gasteiger partial charge in [-0.1, -0.05) is 23.4 Å². The van der Waals surface area contributed by atoms with Gasteiger partial charge in [0.25, 0.3) is 10.0 Å². The van der Waals surface area contributed by atoms with E-state index in [1.54, 1.807) is 28.0 Å². The number of thioether (sulfide) groups is 1. The Morgan fingerprint density at radius 1 is 1.40 bits per heavy atom. The van der Waals surface area contributed by atoms with Crippen molar-refractivity contribution < 1.29 is 13.2 Å². The molecule has 134 valence electrons. The maximum Gasteiger partial charge on any atom is 0.257 e. The molecule has 2 unspecified atom stereocenters. The summed E-state index contributed by atoms with van der Waals surface area (Å²) in [6.45, 7) is 2.77. The number of nitrogens with zero attached hydrogens (tertiary/aromatic N) is 3. The zero-order valence-corrected chi connectivity index (χ0v) is 15.9. The fourth-order valence-corrected chi connectivity index (χ4v) is 6.67. The van der Waals surface area contributed by atoms with E-state index in [9.17, 15) is 13.2 Å². The second kappa shape index (κ2) is 6.07. The smallest absolute Gasteiger partial charge is 0.257 e. The molecule has 4 rings (SSSR count). The summed E-state index contributed by atoms with van der Waals surface area (Å²) in [5, 5.41) is -0.206. The minimum absolute atomic E-state index is 0.0146. The number of nitrogens with one attached hydrogen (secondary N) is 1. The maximum absolute atomic E-state index is 12.8. The number of halogens is 1. The molecule has 3 aliphatic rings. The van der Waals surface area contributed by atoms with Crippen LogP contribution in [0.1, 0.15) is 12.5 Å². The van der Waals surface area contributed by atoms with E-state index in [-0.39, 0.29) is 5.91 Å². The molecule has 1 aromatic rings. The van der Waals surface area contributed by atoms with Crippen LogP contribution in [0.4, 0.5) is 11.4 Å². The summed E-state index contributed by atoms with van der Waals surface area (Å²) < 4.78 is 28.3. The minimum atomic E-state index is -3.73. The first-order valence-electron chi connectivity index (χ1n) is 7.91. The van der Waals surface area contributed by atoms with Crippen molar-refractivity contribution in [3.63, 3.8) is 0 Å². The standard InChI is InChI=1S/C15H17ClN4O3S2/c1-9(21)19-5-4-10-8-11(2-3-12(10)19)18-25(22,23)14-13(16)17-15-20(14)6-7-24-15/h2-3,8,13-14,18H,4-7H2,1H3. The van der Waals surface area contributed by atoms with Gasteiger partial charge in [0.05, 0.1) is 0 Å². The van der Waals surface area contributed by atoms with E-state index in [0.717, 1.165) is 17.0 Å². The van der Waals surface area contributed by atoms with Gasteiger partial charge in [-0.25, -0.2) is 13.4 Å². The molecule has 1 fully saturated rings. The lowest BCUT2D eigenvalue weighted by Crippen LogP contribution is -2.44. The summed E-state index contributed by atoms with van der Waals surface area (Å²) in [7, 11) is -3.73. The van der Waals surface area contributed by atoms with E-state index in [1.165, 1.54) is 18.7 Å². The molecule has 0 saturated carbocycles. The third-order valence-corrected chi connectivity index (χ3v) is 7.66. The first-order valence-corrected chi connectivity index (χ1v) is 10.9. The number of sulfonamides is 1. The first-order chi connectivity index (χ1) is 11.9. The number of carbonyl (C=O) groups excluding carboxylic acids is 1. The van der Waals surface area contributed by atoms with Crippen molar-refractivity contribution in [2.75, 3.05) is 28.5 Å². The third-order valence-electron chi connectivity index (χ3n) is 4.52. The Kier molecular flexibility index (Phi) is 4.12. The van der Waals surface area contributed by atoms with Crippen molar-refractivity contribution in [3.8, 4) is 0 Å². The average molecular weight is 401 g/mol. The number of alkyl halides is 1. The van der Waals surface area contributed by atoms with E-state index < -0.39 is 20.9 Å². The molecular formula is C15H17ClN4O3S2. The van der Waals surface area contributed by atoms with Crippen LogP contribution >= 0.6 is 23.4 Å². The highest BCUT2D eigenvalue weighted by atomic mass is 35.5. The zero-order valence-electron chi connectivity index (χ0n) is 13.5. The second-order valence-corrected chi connectivity index (χ2v) is 9.41. The van der Waals surface area contributed by atoms with Crippen LogP contribution in [-0.2, 0) is 21.2 Å². The number of benzene rings is 1. The fourth-order valence-electron chi connectivity index (χ4n) is 3.41. The average Bonchev–Trinajstić information content (AvgIpc) is 3.19. The molecule has 1 aromatic carbocycles. The summed E-state index contributed by atoms with van der Waals surface area (Å²) in [5.41, 5.74) is 1.46. The molecule has 0 aliphatic carbocycles. The molecule has 10 heteroatoms. The van der Waals surface area contributed by atoms with Crippen LogP contribution in [0, 0.1) is 0 Å². The Balaban J connectivity index is 1.57. The molecule has 1 N–H and O–H groups in total. The van der Waals surface area contributed by atoms with Gasteiger partial charge in [-0.3, -0.25) is 9.52 Å². The Bertz CT molecular complexity index is 874. The van der Waals surface area contributed by atoms with Crippen molar-refractivity contribution in [1.29, 1.82) is 0 Å². The van der Waals surface area contributed by atoms with Crippen molar-refractivity contribution in [2.24, 2.45) is 4.99 Å². The van der Waals surface area contributed by atoms with Crippen molar-refractivity contribution in [2.45, 2.75) is 24.2 Å². The fraction of sp³-hybridized carbons (Fsp3) is 0.467. The highest BCUT2D eigenvalue weighted by Gasteiger charge is 2.46. The number of aliphatic imine (C=N–C) groups is 1. The molecule has 0 bridgehead atoms. The van der Waals surface area contributed by atoms with Crippen LogP contribution < -0.4 is 9.62 Å². The summed E-state index contributed by atoms with van der Waals surface area (Å²) in [6, 6.07) is 5.24. The first kappa shape index (κ1) is 17.0. The van der Waals surface area contributed by atoms with Gasteiger partial charge in [-0.15, -0.1) is 0 Å². The number of hydrogen-bond acceptors (Lipinski definition) is 6. The summed E-state index contributed by atoms with van der Waals surface area (Å²) in [5.74, 6) is 0.799. The Labute approximate surface area is 155 Å². The van der Waals surface area contributed by atoms with Crippen LogP contribution in [0.5, 0.6) is 0 Å². The summed E-state index contributed by atoms with van der Waals surface area (Å²) >= 11 is 7.70. The zero-order chi connectivity index (χ0) is 17.8. The van der Waals surface area contributed by atoms with E-state index in [2.05, 4.69) is 9.71 Å². The number of fused-ring (bicyclic) bond motifs is 2. The number of hydrogen-bond donors (Lipinski definition) is 1. The molecule has 0 radical (unpaired) electrons. The largest absolute Gasteiger partial charge is 0.329 e. The predicted octanol–water partition coefficient (Wildman–Crippen LogP) is 1.65. The lowest BCUT2D eigenvalue weighted by atomic mass is 10.1. The number of amidine groups is 1. The molecule has 2 atom stereocenters. The van der Waals surface area contributed by atoms with Gasteiger partial charge >= 0.3 is 0 Å². The van der Waals surface area contributed by atoms with Gasteiger partial charge in [-0.2, -0.15) is 0 Å². The minimum Gasteiger partial charge on any atom is -0.329 e. The quantitative estimate of drug-likeness (QED) is 0.616. The monoisotopic (exact) mass is 400 g/mol. The van der Waals surface area contributed by atoms with Gasteiger partial charge in [0, 0.05) is 37.1 Å². The van der Waals surface area contributed by atoms with E-state index in [1.807, 2.05) is 0 Å². The summed E-state index contributed by atoms with van der Waals surface area (Å²) in [6.07, 6.45) is 0.710. The van der Waals surface area contributed by atoms with Gasteiger partial charge < -0.3 is 9.80 Å². The maximum atomic E-state index is 12.8. The number of rotatable bonds is 3.